The van der Waals surface area contributed by atoms with E-state index in [1.165, 1.54) is 6.92 Å². The van der Waals surface area contributed by atoms with Gasteiger partial charge in [-0.05, 0) is 37.1 Å². The smallest absolute Gasteiger partial charge is 0.321 e. The highest BCUT2D eigenvalue weighted by Gasteiger charge is 2.30. The molecule has 0 bridgehead atoms. The quantitative estimate of drug-likeness (QED) is 0.635. The number of carbonyl (C=O) groups excluding carboxylic acids is 2. The van der Waals surface area contributed by atoms with Crippen molar-refractivity contribution in [3.63, 3.8) is 0 Å². The van der Waals surface area contributed by atoms with Crippen molar-refractivity contribution in [3.05, 3.63) is 30.1 Å². The standard InChI is InChI=1S/C16H20FN3O5S/c1-11(2)16(3,10-18)20-14(21)9-25-15(22)8-19-26(23,24)13-6-4-12(17)5-7-13/h4-7,11,19H,8-9H2,1-3H3,(H,20,21)/t16-/m1/s1. The number of nitrogens with one attached hydrogen (secondary N) is 2. The number of hydrogen-bond donors (Lipinski definition) is 2. The summed E-state index contributed by atoms with van der Waals surface area (Å²) in [5.74, 6) is -2.43. The normalized spacial score (nSPS) is 13.5. The molecular formula is C16H20FN3O5S. The topological polar surface area (TPSA) is 125 Å². The highest BCUT2D eigenvalue weighted by atomic mass is 32.2. The number of ether oxygens (including phenoxy) is 1. The Morgan fingerprint density at radius 3 is 2.38 bits per heavy atom. The predicted octanol–water partition coefficient (Wildman–Crippen LogP) is 0.702. The molecular weight excluding hydrogens is 365 g/mol. The zero-order chi connectivity index (χ0) is 20.0. The molecule has 2 N–H and O–H groups in total. The van der Waals surface area contributed by atoms with Gasteiger partial charge >= 0.3 is 5.97 Å². The average Bonchev–Trinajstić information content (AvgIpc) is 2.58. The maximum Gasteiger partial charge on any atom is 0.321 e. The number of nitrogens with zero attached hydrogens (tertiary/aromatic N) is 1. The number of benzene rings is 1. The lowest BCUT2D eigenvalue weighted by Gasteiger charge is -2.27. The van der Waals surface area contributed by atoms with Gasteiger partial charge in [0.05, 0.1) is 11.0 Å². The second-order valence-corrected chi connectivity index (χ2v) is 7.72. The van der Waals surface area contributed by atoms with Gasteiger partial charge in [0.2, 0.25) is 10.0 Å². The molecule has 0 heterocycles. The van der Waals surface area contributed by atoms with E-state index >= 15 is 0 Å². The fourth-order valence-corrected chi connectivity index (χ4v) is 2.64. The lowest BCUT2D eigenvalue weighted by Crippen LogP contribution is -2.50. The lowest BCUT2D eigenvalue weighted by molar-refractivity contribution is -0.147. The number of esters is 1. The number of halogens is 1. The number of rotatable bonds is 8. The summed E-state index contributed by atoms with van der Waals surface area (Å²) in [5, 5.41) is 11.6. The minimum atomic E-state index is -4.02. The summed E-state index contributed by atoms with van der Waals surface area (Å²) >= 11 is 0. The molecule has 0 unspecified atom stereocenters. The van der Waals surface area contributed by atoms with Gasteiger partial charge in [-0.3, -0.25) is 9.59 Å². The van der Waals surface area contributed by atoms with Crippen LogP contribution < -0.4 is 10.0 Å². The molecule has 1 aromatic carbocycles. The number of carbonyl (C=O) groups is 2. The SMILES string of the molecule is CC(C)[C@@](C)(C#N)NC(=O)COC(=O)CNS(=O)(=O)c1ccc(F)cc1. The van der Waals surface area contributed by atoms with Crippen LogP contribution in [0.1, 0.15) is 20.8 Å². The van der Waals surface area contributed by atoms with Crippen molar-refractivity contribution in [1.29, 1.82) is 5.26 Å². The molecule has 0 aliphatic rings. The highest BCUT2D eigenvalue weighted by Crippen LogP contribution is 2.14. The van der Waals surface area contributed by atoms with Crippen LogP contribution in [0.3, 0.4) is 0 Å². The van der Waals surface area contributed by atoms with Crippen LogP contribution in [0.5, 0.6) is 0 Å². The Hall–Kier alpha value is -2.51. The Morgan fingerprint density at radius 1 is 1.31 bits per heavy atom. The molecule has 1 rings (SSSR count). The summed E-state index contributed by atoms with van der Waals surface area (Å²) in [6.45, 7) is 3.68. The second kappa shape index (κ2) is 8.73. The van der Waals surface area contributed by atoms with Crippen molar-refractivity contribution >= 4 is 21.9 Å². The van der Waals surface area contributed by atoms with Gasteiger partial charge in [-0.15, -0.1) is 0 Å². The zero-order valence-electron chi connectivity index (χ0n) is 14.6. The zero-order valence-corrected chi connectivity index (χ0v) is 15.4. The summed E-state index contributed by atoms with van der Waals surface area (Å²) in [6.07, 6.45) is 0. The maximum atomic E-state index is 12.8. The van der Waals surface area contributed by atoms with E-state index < -0.39 is 46.4 Å². The van der Waals surface area contributed by atoms with Gasteiger partial charge in [0.1, 0.15) is 17.9 Å². The number of hydrogen-bond acceptors (Lipinski definition) is 6. The van der Waals surface area contributed by atoms with Crippen LogP contribution in [-0.4, -0.2) is 39.0 Å². The molecule has 10 heteroatoms. The summed E-state index contributed by atoms with van der Waals surface area (Å²) in [5.41, 5.74) is -1.12. The van der Waals surface area contributed by atoms with E-state index in [0.717, 1.165) is 24.3 Å². The summed E-state index contributed by atoms with van der Waals surface area (Å²) in [6, 6.07) is 6.01. The Morgan fingerprint density at radius 2 is 1.88 bits per heavy atom. The van der Waals surface area contributed by atoms with Crippen molar-refractivity contribution < 1.29 is 27.1 Å². The van der Waals surface area contributed by atoms with Gasteiger partial charge in [-0.25, -0.2) is 12.8 Å². The highest BCUT2D eigenvalue weighted by molar-refractivity contribution is 7.89. The van der Waals surface area contributed by atoms with Crippen LogP contribution in [0.2, 0.25) is 0 Å². The molecule has 0 spiro atoms. The third kappa shape index (κ3) is 6.09. The molecule has 0 aliphatic carbocycles. The van der Waals surface area contributed by atoms with E-state index in [4.69, 9.17) is 5.26 Å². The molecule has 0 radical (unpaired) electrons. The number of sulfonamides is 1. The van der Waals surface area contributed by atoms with Gasteiger partial charge in [0, 0.05) is 0 Å². The van der Waals surface area contributed by atoms with Crippen LogP contribution in [0.25, 0.3) is 0 Å². The largest absolute Gasteiger partial charge is 0.455 e. The predicted molar refractivity (Wildman–Crippen MR) is 89.5 cm³/mol. The van der Waals surface area contributed by atoms with Crippen molar-refractivity contribution in [1.82, 2.24) is 10.0 Å². The fourth-order valence-electron chi connectivity index (χ4n) is 1.68. The monoisotopic (exact) mass is 385 g/mol. The first-order valence-electron chi connectivity index (χ1n) is 7.63. The number of amides is 1. The third-order valence-corrected chi connectivity index (χ3v) is 5.10. The van der Waals surface area contributed by atoms with Crippen LogP contribution in [0.15, 0.2) is 29.2 Å². The van der Waals surface area contributed by atoms with E-state index in [0.29, 0.717) is 0 Å². The van der Waals surface area contributed by atoms with Crippen molar-refractivity contribution in [2.45, 2.75) is 31.2 Å². The molecule has 1 amide bonds. The maximum absolute atomic E-state index is 12.8. The molecule has 8 nitrogen and oxygen atoms in total. The molecule has 1 aromatic rings. The Balaban J connectivity index is 2.51. The van der Waals surface area contributed by atoms with E-state index in [1.54, 1.807) is 13.8 Å². The molecule has 0 saturated heterocycles. The van der Waals surface area contributed by atoms with Crippen molar-refractivity contribution in [2.75, 3.05) is 13.2 Å². The molecule has 142 valence electrons. The van der Waals surface area contributed by atoms with E-state index in [9.17, 15) is 22.4 Å². The lowest BCUT2D eigenvalue weighted by atomic mass is 9.90. The molecule has 26 heavy (non-hydrogen) atoms. The van der Waals surface area contributed by atoms with E-state index in [-0.39, 0.29) is 10.8 Å². The summed E-state index contributed by atoms with van der Waals surface area (Å²) < 4.78 is 43.3. The first-order chi connectivity index (χ1) is 12.0. The van der Waals surface area contributed by atoms with Crippen LogP contribution >= 0.6 is 0 Å². The van der Waals surface area contributed by atoms with Gasteiger partial charge in [0.25, 0.3) is 5.91 Å². The van der Waals surface area contributed by atoms with Gasteiger partial charge in [0.15, 0.2) is 6.61 Å². The van der Waals surface area contributed by atoms with Gasteiger partial charge in [-0.2, -0.15) is 9.98 Å². The second-order valence-electron chi connectivity index (χ2n) is 5.96. The summed E-state index contributed by atoms with van der Waals surface area (Å²) in [4.78, 5) is 23.1. The Bertz CT molecular complexity index is 802. The molecule has 0 aromatic heterocycles. The van der Waals surface area contributed by atoms with Crippen LogP contribution in [0, 0.1) is 23.1 Å². The van der Waals surface area contributed by atoms with E-state index in [2.05, 4.69) is 10.1 Å². The molecule has 0 aliphatic heterocycles. The van der Waals surface area contributed by atoms with Crippen LogP contribution in [-0.2, 0) is 24.3 Å². The van der Waals surface area contributed by atoms with Crippen molar-refractivity contribution in [3.8, 4) is 6.07 Å². The minimum absolute atomic E-state index is 0.172. The summed E-state index contributed by atoms with van der Waals surface area (Å²) in [7, 11) is -4.02. The minimum Gasteiger partial charge on any atom is -0.455 e. The first-order valence-corrected chi connectivity index (χ1v) is 9.11. The van der Waals surface area contributed by atoms with Gasteiger partial charge < -0.3 is 10.1 Å². The van der Waals surface area contributed by atoms with Crippen molar-refractivity contribution in [2.24, 2.45) is 5.92 Å². The first kappa shape index (κ1) is 21.5. The molecule has 0 fully saturated rings. The number of nitriles is 1. The third-order valence-electron chi connectivity index (χ3n) is 3.68. The van der Waals surface area contributed by atoms with E-state index in [1.807, 2.05) is 10.8 Å². The Kier molecular flexibility index (Phi) is 7.23. The fraction of sp³-hybridized carbons (Fsp3) is 0.438. The Labute approximate surface area is 151 Å². The average molecular weight is 385 g/mol. The molecule has 0 saturated carbocycles. The van der Waals surface area contributed by atoms with Gasteiger partial charge in [-0.1, -0.05) is 13.8 Å². The molecule has 1 atom stereocenters. The van der Waals surface area contributed by atoms with Crippen LogP contribution in [0.4, 0.5) is 4.39 Å².